The van der Waals surface area contributed by atoms with Crippen LogP contribution in [-0.2, 0) is 9.59 Å². The summed E-state index contributed by atoms with van der Waals surface area (Å²) >= 11 is 0. The number of nitriles is 3. The van der Waals surface area contributed by atoms with Gasteiger partial charge in [-0.3, -0.25) is 9.59 Å². The molecule has 2 rings (SSSR count). The molecule has 0 aliphatic carbocycles. The number of nitrogens with one attached hydrogen (secondary N) is 2. The summed E-state index contributed by atoms with van der Waals surface area (Å²) in [6.07, 6.45) is 3.06. The number of anilines is 1. The molecule has 1 heterocycles. The summed E-state index contributed by atoms with van der Waals surface area (Å²) in [5, 5.41) is 32.1. The molecule has 0 fully saturated rings. The molecule has 7 nitrogen and oxygen atoms in total. The summed E-state index contributed by atoms with van der Waals surface area (Å²) in [5.74, 6) is -0.736. The molecule has 0 atom stereocenters. The zero-order valence-electron chi connectivity index (χ0n) is 13.1. The van der Waals surface area contributed by atoms with Crippen LogP contribution in [0.3, 0.4) is 0 Å². The fraction of sp³-hybridized carbons (Fsp3) is 0.0556. The maximum atomic E-state index is 12.0. The first-order valence-corrected chi connectivity index (χ1v) is 7.06. The number of hydrogen-bond donors (Lipinski definition) is 2. The van der Waals surface area contributed by atoms with Gasteiger partial charge in [0.1, 0.15) is 18.2 Å². The largest absolute Gasteiger partial charge is 0.326 e. The Morgan fingerprint density at radius 3 is 2.28 bits per heavy atom. The summed E-state index contributed by atoms with van der Waals surface area (Å²) in [6, 6.07) is 12.0. The molecule has 0 saturated heterocycles. The van der Waals surface area contributed by atoms with Crippen LogP contribution in [0.2, 0.25) is 0 Å². The summed E-state index contributed by atoms with van der Waals surface area (Å²) in [4.78, 5) is 23.0. The van der Waals surface area contributed by atoms with E-state index in [-0.39, 0.29) is 28.3 Å². The van der Waals surface area contributed by atoms with Crippen molar-refractivity contribution in [1.29, 1.82) is 15.8 Å². The van der Waals surface area contributed by atoms with Gasteiger partial charge < -0.3 is 10.6 Å². The lowest BCUT2D eigenvalue weighted by atomic mass is 10.1. The van der Waals surface area contributed by atoms with Gasteiger partial charge in [0.15, 0.2) is 5.57 Å². The molecule has 0 aromatic heterocycles. The van der Waals surface area contributed by atoms with E-state index < -0.39 is 5.91 Å². The molecule has 1 aromatic carbocycles. The molecule has 0 saturated carbocycles. The van der Waals surface area contributed by atoms with E-state index in [1.54, 1.807) is 42.5 Å². The van der Waals surface area contributed by atoms with Gasteiger partial charge in [-0.2, -0.15) is 15.8 Å². The third-order valence-corrected chi connectivity index (χ3v) is 3.26. The zero-order valence-corrected chi connectivity index (χ0v) is 13.1. The van der Waals surface area contributed by atoms with Crippen LogP contribution in [0.15, 0.2) is 52.8 Å². The Morgan fingerprint density at radius 2 is 1.76 bits per heavy atom. The summed E-state index contributed by atoms with van der Waals surface area (Å²) < 4.78 is 0. The Hall–Kier alpha value is -4.15. The standard InChI is InChI=1S/C18H11N5O2/c1-11(24)22-14-5-2-12(3-6-14)4-7-15-16(10-21)17(23-18(15)25)13(8-19)9-20/h2-7H,1H3,(H,22,24)(H,23,25)/b7-4+. The topological polar surface area (TPSA) is 130 Å². The van der Waals surface area contributed by atoms with E-state index in [1.807, 2.05) is 6.07 Å². The van der Waals surface area contributed by atoms with Crippen molar-refractivity contribution in [2.45, 2.75) is 6.92 Å². The van der Waals surface area contributed by atoms with Gasteiger partial charge in [0.2, 0.25) is 5.91 Å². The van der Waals surface area contributed by atoms with Gasteiger partial charge >= 0.3 is 0 Å². The van der Waals surface area contributed by atoms with Crippen LogP contribution in [0.1, 0.15) is 12.5 Å². The quantitative estimate of drug-likeness (QED) is 0.818. The minimum Gasteiger partial charge on any atom is -0.326 e. The van der Waals surface area contributed by atoms with Gasteiger partial charge in [0.05, 0.1) is 16.8 Å². The number of hydrogen-bond acceptors (Lipinski definition) is 5. The van der Waals surface area contributed by atoms with E-state index >= 15 is 0 Å². The maximum absolute atomic E-state index is 12.0. The van der Waals surface area contributed by atoms with Gasteiger partial charge in [-0.25, -0.2) is 0 Å². The van der Waals surface area contributed by atoms with Gasteiger partial charge in [0, 0.05) is 12.6 Å². The summed E-state index contributed by atoms with van der Waals surface area (Å²) in [5.41, 5.74) is 1.01. The summed E-state index contributed by atoms with van der Waals surface area (Å²) in [7, 11) is 0. The van der Waals surface area contributed by atoms with Crippen LogP contribution in [0, 0.1) is 34.0 Å². The Bertz CT molecular complexity index is 945. The second kappa shape index (κ2) is 7.41. The smallest absolute Gasteiger partial charge is 0.257 e. The van der Waals surface area contributed by atoms with E-state index in [1.165, 1.54) is 13.0 Å². The van der Waals surface area contributed by atoms with Crippen molar-refractivity contribution in [2.75, 3.05) is 5.32 Å². The second-order valence-electron chi connectivity index (χ2n) is 4.96. The highest BCUT2D eigenvalue weighted by Crippen LogP contribution is 2.24. The monoisotopic (exact) mass is 329 g/mol. The Balaban J connectivity index is 2.35. The minimum atomic E-state index is -0.555. The molecule has 1 aliphatic rings. The number of carbonyl (C=O) groups is 2. The van der Waals surface area contributed by atoms with Crippen LogP contribution in [0.5, 0.6) is 0 Å². The maximum Gasteiger partial charge on any atom is 0.257 e. The predicted molar refractivity (Wildman–Crippen MR) is 88.8 cm³/mol. The molecule has 120 valence electrons. The van der Waals surface area contributed by atoms with Crippen molar-refractivity contribution in [3.8, 4) is 18.2 Å². The number of amides is 2. The Labute approximate surface area is 143 Å². The van der Waals surface area contributed by atoms with E-state index in [2.05, 4.69) is 10.6 Å². The molecule has 25 heavy (non-hydrogen) atoms. The first kappa shape index (κ1) is 17.2. The van der Waals surface area contributed by atoms with E-state index in [0.717, 1.165) is 5.56 Å². The van der Waals surface area contributed by atoms with Crippen LogP contribution >= 0.6 is 0 Å². The molecule has 0 unspecified atom stereocenters. The van der Waals surface area contributed by atoms with Crippen LogP contribution in [-0.4, -0.2) is 11.8 Å². The van der Waals surface area contributed by atoms with E-state index in [0.29, 0.717) is 5.69 Å². The number of rotatable bonds is 3. The molecule has 0 bridgehead atoms. The average Bonchev–Trinajstić information content (AvgIpc) is 2.90. The third-order valence-electron chi connectivity index (χ3n) is 3.26. The molecule has 0 radical (unpaired) electrons. The fourth-order valence-corrected chi connectivity index (χ4v) is 2.15. The second-order valence-corrected chi connectivity index (χ2v) is 4.96. The highest BCUT2D eigenvalue weighted by Gasteiger charge is 2.28. The first-order valence-electron chi connectivity index (χ1n) is 7.06. The predicted octanol–water partition coefficient (Wildman–Crippen LogP) is 1.91. The number of benzene rings is 1. The number of carbonyl (C=O) groups excluding carboxylic acids is 2. The third kappa shape index (κ3) is 3.79. The van der Waals surface area contributed by atoms with Crippen molar-refractivity contribution in [3.63, 3.8) is 0 Å². The number of allylic oxidation sites excluding steroid dienone is 2. The fourth-order valence-electron chi connectivity index (χ4n) is 2.15. The first-order chi connectivity index (χ1) is 12.0. The zero-order chi connectivity index (χ0) is 18.4. The molecule has 0 spiro atoms. The van der Waals surface area contributed by atoms with Crippen LogP contribution in [0.4, 0.5) is 5.69 Å². The molecular formula is C18H11N5O2. The Morgan fingerprint density at radius 1 is 1.12 bits per heavy atom. The minimum absolute atomic E-state index is 0.0470. The van der Waals surface area contributed by atoms with Gasteiger partial charge in [-0.05, 0) is 23.8 Å². The highest BCUT2D eigenvalue weighted by atomic mass is 16.2. The van der Waals surface area contributed by atoms with Crippen molar-refractivity contribution < 1.29 is 9.59 Å². The average molecular weight is 329 g/mol. The lowest BCUT2D eigenvalue weighted by Crippen LogP contribution is -2.17. The van der Waals surface area contributed by atoms with Crippen molar-refractivity contribution in [3.05, 3.63) is 58.3 Å². The van der Waals surface area contributed by atoms with E-state index in [4.69, 9.17) is 10.5 Å². The van der Waals surface area contributed by atoms with Crippen molar-refractivity contribution in [2.24, 2.45) is 0 Å². The molecular weight excluding hydrogens is 318 g/mol. The highest BCUT2D eigenvalue weighted by molar-refractivity contribution is 6.05. The Kier molecular flexibility index (Phi) is 5.10. The summed E-state index contributed by atoms with van der Waals surface area (Å²) in [6.45, 7) is 1.41. The molecule has 1 aromatic rings. The van der Waals surface area contributed by atoms with Gasteiger partial charge in [0.25, 0.3) is 5.91 Å². The molecule has 2 amide bonds. The number of nitrogens with zero attached hydrogens (tertiary/aromatic N) is 3. The van der Waals surface area contributed by atoms with E-state index in [9.17, 15) is 14.9 Å². The molecule has 7 heteroatoms. The van der Waals surface area contributed by atoms with Crippen molar-refractivity contribution in [1.82, 2.24) is 5.32 Å². The van der Waals surface area contributed by atoms with Crippen LogP contribution in [0.25, 0.3) is 6.08 Å². The SMILES string of the molecule is CC(=O)Nc1ccc(/C=C/C2=C(C#N)C(=C(C#N)C#N)NC2=O)cc1. The lowest BCUT2D eigenvalue weighted by molar-refractivity contribution is -0.116. The molecule has 1 aliphatic heterocycles. The van der Waals surface area contributed by atoms with Gasteiger partial charge in [-0.1, -0.05) is 18.2 Å². The van der Waals surface area contributed by atoms with Gasteiger partial charge in [-0.15, -0.1) is 0 Å². The lowest BCUT2D eigenvalue weighted by Gasteiger charge is -2.01. The normalized spacial score (nSPS) is 13.0. The van der Waals surface area contributed by atoms with Crippen LogP contribution < -0.4 is 10.6 Å². The molecule has 2 N–H and O–H groups in total. The van der Waals surface area contributed by atoms with Crippen molar-refractivity contribution >= 4 is 23.6 Å².